The molecule has 0 spiro atoms. The van der Waals surface area contributed by atoms with Crippen LogP contribution in [0.2, 0.25) is 5.02 Å². The summed E-state index contributed by atoms with van der Waals surface area (Å²) in [4.78, 5) is 40.0. The molecular weight excluding hydrogens is 539 g/mol. The van der Waals surface area contributed by atoms with Crippen LogP contribution in [0.15, 0.2) is 42.5 Å². The van der Waals surface area contributed by atoms with E-state index in [0.29, 0.717) is 5.56 Å². The number of nitrogens with zero attached hydrogens (tertiary/aromatic N) is 2. The van der Waals surface area contributed by atoms with Crippen LogP contribution in [-0.4, -0.2) is 47.3 Å². The molecule has 0 radical (unpaired) electrons. The third kappa shape index (κ3) is 5.63. The average Bonchev–Trinajstić information content (AvgIpc) is 3.31. The van der Waals surface area contributed by atoms with Gasteiger partial charge in [-0.25, -0.2) is 9.59 Å². The van der Waals surface area contributed by atoms with Gasteiger partial charge in [-0.3, -0.25) is 14.8 Å². The molecule has 206 valence electrons. The quantitative estimate of drug-likeness (QED) is 0.282. The van der Waals surface area contributed by atoms with Crippen molar-refractivity contribution in [3.63, 3.8) is 0 Å². The number of hydrogen-bond donors (Lipinski definition) is 1. The fraction of sp³-hybridized carbons (Fsp3) is 0.333. The minimum atomic E-state index is -4.81. The van der Waals surface area contributed by atoms with Crippen LogP contribution in [0, 0.1) is 0 Å². The van der Waals surface area contributed by atoms with Gasteiger partial charge in [0.15, 0.2) is 5.78 Å². The van der Waals surface area contributed by atoms with Crippen LogP contribution < -0.4 is 4.90 Å². The zero-order valence-electron chi connectivity index (χ0n) is 21.5. The number of benzene rings is 2. The molecule has 1 unspecified atom stereocenters. The Morgan fingerprint density at radius 3 is 2.33 bits per heavy atom. The van der Waals surface area contributed by atoms with Gasteiger partial charge in [-0.05, 0) is 51.5 Å². The van der Waals surface area contributed by atoms with Gasteiger partial charge in [0, 0.05) is 17.7 Å². The maximum absolute atomic E-state index is 13.8. The zero-order chi connectivity index (χ0) is 28.7. The number of fused-ring (bicyclic) bond motifs is 1. The molecule has 39 heavy (non-hydrogen) atoms. The number of aromatic nitrogens is 2. The lowest BCUT2D eigenvalue weighted by atomic mass is 9.85. The summed E-state index contributed by atoms with van der Waals surface area (Å²) >= 11 is 6.11. The van der Waals surface area contributed by atoms with Crippen LogP contribution in [0.4, 0.5) is 23.7 Å². The highest BCUT2D eigenvalue weighted by Gasteiger charge is 2.43. The lowest BCUT2D eigenvalue weighted by molar-refractivity contribution is -0.137. The molecular formula is C27H25ClF3N3O5. The van der Waals surface area contributed by atoms with Crippen LogP contribution in [0.1, 0.15) is 65.1 Å². The maximum atomic E-state index is 13.8. The van der Waals surface area contributed by atoms with E-state index in [0.717, 1.165) is 12.1 Å². The number of ether oxygens (including phenoxy) is 2. The van der Waals surface area contributed by atoms with Crippen molar-refractivity contribution in [2.45, 2.75) is 44.9 Å². The van der Waals surface area contributed by atoms with E-state index in [1.807, 2.05) is 0 Å². The van der Waals surface area contributed by atoms with Crippen molar-refractivity contribution in [2.24, 2.45) is 0 Å². The normalized spacial score (nSPS) is 15.5. The molecule has 1 aliphatic heterocycles. The SMILES string of the molecule is COC(=O)c1ccc(-c2n[nH]c3c2N(C(=O)OC(C)(C)C)CCC3C(=O)c2c(Cl)cccc2C(F)(F)F)cc1. The Kier molecular flexibility index (Phi) is 7.48. The number of ketones is 1. The molecule has 1 amide bonds. The number of carbonyl (C=O) groups excluding carboxylic acids is 3. The molecule has 1 N–H and O–H groups in total. The molecule has 0 aliphatic carbocycles. The van der Waals surface area contributed by atoms with E-state index in [-0.39, 0.29) is 40.6 Å². The molecule has 12 heteroatoms. The Bertz CT molecular complexity index is 1430. The third-order valence-electron chi connectivity index (χ3n) is 6.10. The number of rotatable bonds is 4. The van der Waals surface area contributed by atoms with Gasteiger partial charge in [0.05, 0.1) is 40.6 Å². The highest BCUT2D eigenvalue weighted by molar-refractivity contribution is 6.34. The largest absolute Gasteiger partial charge is 0.465 e. The van der Waals surface area contributed by atoms with Crippen molar-refractivity contribution < 1.29 is 37.0 Å². The molecule has 2 heterocycles. The second kappa shape index (κ2) is 10.4. The number of hydrogen-bond acceptors (Lipinski definition) is 6. The van der Waals surface area contributed by atoms with Crippen LogP contribution in [0.5, 0.6) is 0 Å². The van der Waals surface area contributed by atoms with Crippen LogP contribution in [0.25, 0.3) is 11.3 Å². The molecule has 4 rings (SSSR count). The molecule has 0 fully saturated rings. The lowest BCUT2D eigenvalue weighted by Crippen LogP contribution is -2.41. The summed E-state index contributed by atoms with van der Waals surface area (Å²) in [5.41, 5.74) is -1.27. The predicted molar refractivity (Wildman–Crippen MR) is 137 cm³/mol. The fourth-order valence-corrected chi connectivity index (χ4v) is 4.68. The summed E-state index contributed by atoms with van der Waals surface area (Å²) in [6, 6.07) is 9.33. The van der Waals surface area contributed by atoms with Gasteiger partial charge in [-0.1, -0.05) is 29.8 Å². The fourth-order valence-electron chi connectivity index (χ4n) is 4.41. The lowest BCUT2D eigenvalue weighted by Gasteiger charge is -2.33. The van der Waals surface area contributed by atoms with Gasteiger partial charge in [-0.2, -0.15) is 18.3 Å². The first kappa shape index (κ1) is 28.2. The summed E-state index contributed by atoms with van der Waals surface area (Å²) in [6.45, 7) is 5.05. The molecule has 1 aliphatic rings. The number of methoxy groups -OCH3 is 1. The first-order valence-corrected chi connectivity index (χ1v) is 12.3. The monoisotopic (exact) mass is 563 g/mol. The van der Waals surface area contributed by atoms with Crippen molar-refractivity contribution in [2.75, 3.05) is 18.6 Å². The summed E-state index contributed by atoms with van der Waals surface area (Å²) in [5.74, 6) is -2.50. The van der Waals surface area contributed by atoms with E-state index in [1.165, 1.54) is 30.2 Å². The molecule has 2 aromatic carbocycles. The van der Waals surface area contributed by atoms with Gasteiger partial charge in [0.25, 0.3) is 0 Å². The minimum Gasteiger partial charge on any atom is -0.465 e. The third-order valence-corrected chi connectivity index (χ3v) is 6.42. The Morgan fingerprint density at radius 1 is 1.08 bits per heavy atom. The second-order valence-corrected chi connectivity index (χ2v) is 10.3. The minimum absolute atomic E-state index is 0.00346. The molecule has 3 aromatic rings. The summed E-state index contributed by atoms with van der Waals surface area (Å²) in [7, 11) is 1.25. The molecule has 8 nitrogen and oxygen atoms in total. The number of H-pyrrole nitrogens is 1. The Labute approximate surface area is 227 Å². The Morgan fingerprint density at radius 2 is 1.74 bits per heavy atom. The molecule has 0 saturated carbocycles. The van der Waals surface area contributed by atoms with Crippen LogP contribution >= 0.6 is 11.6 Å². The Balaban J connectivity index is 1.84. The van der Waals surface area contributed by atoms with Gasteiger partial charge < -0.3 is 9.47 Å². The van der Waals surface area contributed by atoms with Gasteiger partial charge in [0.1, 0.15) is 11.3 Å². The average molecular weight is 564 g/mol. The van der Waals surface area contributed by atoms with Crippen molar-refractivity contribution >= 4 is 35.1 Å². The van der Waals surface area contributed by atoms with Gasteiger partial charge in [0.2, 0.25) is 0 Å². The first-order chi connectivity index (χ1) is 18.2. The van der Waals surface area contributed by atoms with Crippen molar-refractivity contribution in [1.82, 2.24) is 10.2 Å². The summed E-state index contributed by atoms with van der Waals surface area (Å²) in [6.07, 6.45) is -5.52. The standard InChI is InChI=1S/C27H25ClF3N3O5/c1-26(2,3)39-25(37)34-13-12-16(23(35)19-17(27(29,30)31)6-5-7-18(19)28)21-22(34)20(32-33-21)14-8-10-15(11-9-14)24(36)38-4/h5-11,16H,12-13H2,1-4H3,(H,32,33). The molecule has 0 saturated heterocycles. The van der Waals surface area contributed by atoms with E-state index in [2.05, 4.69) is 10.2 Å². The summed E-state index contributed by atoms with van der Waals surface area (Å²) < 4.78 is 51.6. The topological polar surface area (TPSA) is 102 Å². The number of nitrogens with one attached hydrogen (secondary N) is 1. The number of alkyl halides is 3. The van der Waals surface area contributed by atoms with Crippen LogP contribution in [0.3, 0.4) is 0 Å². The highest BCUT2D eigenvalue weighted by Crippen LogP contribution is 2.45. The number of aromatic amines is 1. The smallest absolute Gasteiger partial charge is 0.417 e. The maximum Gasteiger partial charge on any atom is 0.417 e. The first-order valence-electron chi connectivity index (χ1n) is 11.9. The molecule has 0 bridgehead atoms. The van der Waals surface area contributed by atoms with Gasteiger partial charge >= 0.3 is 18.2 Å². The number of carbonyl (C=O) groups is 3. The number of halogens is 4. The second-order valence-electron chi connectivity index (χ2n) is 9.90. The van der Waals surface area contributed by atoms with E-state index >= 15 is 0 Å². The number of amides is 1. The Hall–Kier alpha value is -3.86. The molecule has 1 atom stereocenters. The predicted octanol–water partition coefficient (Wildman–Crippen LogP) is 6.65. The van der Waals surface area contributed by atoms with Crippen molar-refractivity contribution in [3.05, 3.63) is 69.9 Å². The van der Waals surface area contributed by atoms with Crippen molar-refractivity contribution in [3.8, 4) is 11.3 Å². The van der Waals surface area contributed by atoms with E-state index in [1.54, 1.807) is 32.9 Å². The molecule has 1 aromatic heterocycles. The number of Topliss-reactive ketones (excluding diaryl/α,β-unsaturated/α-hetero) is 1. The van der Waals surface area contributed by atoms with Gasteiger partial charge in [-0.15, -0.1) is 0 Å². The van der Waals surface area contributed by atoms with E-state index < -0.39 is 46.7 Å². The highest BCUT2D eigenvalue weighted by atomic mass is 35.5. The summed E-state index contributed by atoms with van der Waals surface area (Å²) in [5, 5.41) is 6.75. The number of anilines is 1. The van der Waals surface area contributed by atoms with E-state index in [4.69, 9.17) is 21.1 Å². The zero-order valence-corrected chi connectivity index (χ0v) is 22.2. The number of esters is 1. The van der Waals surface area contributed by atoms with Crippen LogP contribution in [-0.2, 0) is 15.7 Å². The van der Waals surface area contributed by atoms with E-state index in [9.17, 15) is 27.6 Å². The van der Waals surface area contributed by atoms with Crippen molar-refractivity contribution in [1.29, 1.82) is 0 Å².